The Morgan fingerprint density at radius 3 is 2.10 bits per heavy atom. The third-order valence-electron chi connectivity index (χ3n) is 11.2. The summed E-state index contributed by atoms with van der Waals surface area (Å²) in [5.41, 5.74) is 13.9. The van der Waals surface area contributed by atoms with E-state index in [-0.39, 0.29) is 16.6 Å². The number of rotatable bonds is 5. The minimum absolute atomic E-state index is 0.0149. The summed E-state index contributed by atoms with van der Waals surface area (Å²) in [6.07, 6.45) is 5.65. The number of fused-ring (bicyclic) bond motifs is 6. The van der Waals surface area contributed by atoms with Gasteiger partial charge in [-0.3, -0.25) is 9.55 Å². The quantitative estimate of drug-likeness (QED) is 0.187. The Hall–Kier alpha value is -6.71. The van der Waals surface area contributed by atoms with Crippen LogP contribution in [0.15, 0.2) is 128 Å². The Balaban J connectivity index is 1.23. The molecule has 0 aliphatic carbocycles. The number of pyridine rings is 1. The molecule has 0 saturated heterocycles. The summed E-state index contributed by atoms with van der Waals surface area (Å²) in [6.45, 7) is 15.2. The highest BCUT2D eigenvalue weighted by atomic mass is 32.1. The molecule has 8 nitrogen and oxygen atoms in total. The minimum atomic E-state index is -0.0445. The monoisotopic (exact) mass is 789 g/mol. The fourth-order valence-electron chi connectivity index (χ4n) is 7.94. The summed E-state index contributed by atoms with van der Waals surface area (Å²) in [7, 11) is 0. The van der Waals surface area contributed by atoms with Crippen molar-refractivity contribution in [3.63, 3.8) is 0 Å². The van der Waals surface area contributed by atoms with Crippen molar-refractivity contribution in [2.75, 3.05) is 0 Å². The van der Waals surface area contributed by atoms with Crippen LogP contribution in [0.4, 0.5) is 0 Å². The molecule has 5 aromatic heterocycles. The lowest BCUT2D eigenvalue weighted by atomic mass is 9.86. The molecule has 0 bridgehead atoms. The molecule has 0 fully saturated rings. The van der Waals surface area contributed by atoms with E-state index in [4.69, 9.17) is 15.0 Å². The second kappa shape index (κ2) is 13.4. The topological polar surface area (TPSA) is 94.0 Å². The molecule has 0 amide bonds. The first kappa shape index (κ1) is 36.6. The fourth-order valence-corrected chi connectivity index (χ4v) is 9.01. The molecule has 0 saturated carbocycles. The van der Waals surface area contributed by atoms with E-state index in [1.54, 1.807) is 17.6 Å². The maximum absolute atomic E-state index is 11.9. The maximum atomic E-state index is 11.9. The molecule has 290 valence electrons. The van der Waals surface area contributed by atoms with Gasteiger partial charge in [-0.1, -0.05) is 89.5 Å². The summed E-state index contributed by atoms with van der Waals surface area (Å²) in [5.74, 6) is 1.47. The van der Waals surface area contributed by atoms with Gasteiger partial charge in [-0.05, 0) is 107 Å². The zero-order valence-corrected chi connectivity index (χ0v) is 34.9. The lowest BCUT2D eigenvalue weighted by Gasteiger charge is -2.20. The Labute approximate surface area is 346 Å². The van der Waals surface area contributed by atoms with Crippen LogP contribution in [-0.2, 0) is 10.8 Å². The summed E-state index contributed by atoms with van der Waals surface area (Å²) in [6, 6.07) is 37.9. The molecule has 9 heteroatoms. The summed E-state index contributed by atoms with van der Waals surface area (Å²) in [5, 5.41) is 13.0. The van der Waals surface area contributed by atoms with Gasteiger partial charge in [-0.15, -0.1) is 0 Å². The minimum Gasteiger partial charge on any atom is -0.507 e. The van der Waals surface area contributed by atoms with Crippen LogP contribution in [0, 0.1) is 6.92 Å². The van der Waals surface area contributed by atoms with Crippen LogP contribution in [0.5, 0.6) is 5.75 Å². The van der Waals surface area contributed by atoms with Crippen molar-refractivity contribution in [2.45, 2.75) is 59.3 Å². The van der Waals surface area contributed by atoms with Gasteiger partial charge in [-0.25, -0.2) is 23.7 Å². The molecule has 59 heavy (non-hydrogen) atoms. The van der Waals surface area contributed by atoms with Gasteiger partial charge in [0.25, 0.3) is 0 Å². The van der Waals surface area contributed by atoms with Crippen LogP contribution >= 0.6 is 11.5 Å². The molecule has 0 radical (unpaired) electrons. The first-order chi connectivity index (χ1) is 28.3. The van der Waals surface area contributed by atoms with E-state index in [9.17, 15) is 5.11 Å². The van der Waals surface area contributed by atoms with Gasteiger partial charge >= 0.3 is 0 Å². The second-order valence-corrected chi connectivity index (χ2v) is 18.4. The Bertz CT molecular complexity index is 3250. The highest BCUT2D eigenvalue weighted by Crippen LogP contribution is 2.42. The third kappa shape index (κ3) is 6.33. The zero-order chi connectivity index (χ0) is 40.8. The Morgan fingerprint density at radius 1 is 0.610 bits per heavy atom. The fraction of sp³-hybridized carbons (Fsp3) is 0.180. The number of benzene rings is 5. The van der Waals surface area contributed by atoms with Crippen LogP contribution in [0.3, 0.4) is 0 Å². The number of phenols is 1. The van der Waals surface area contributed by atoms with E-state index >= 15 is 0 Å². The Morgan fingerprint density at radius 2 is 1.34 bits per heavy atom. The van der Waals surface area contributed by atoms with Crippen LogP contribution in [0.25, 0.3) is 88.4 Å². The molecule has 0 atom stereocenters. The van der Waals surface area contributed by atoms with Crippen molar-refractivity contribution in [1.29, 1.82) is 0 Å². The number of hydrogen-bond acceptors (Lipinski definition) is 7. The lowest BCUT2D eigenvalue weighted by molar-refractivity contribution is 0.477. The lowest BCUT2D eigenvalue weighted by Crippen LogP contribution is -2.11. The van der Waals surface area contributed by atoms with Gasteiger partial charge in [0.05, 0.1) is 38.0 Å². The second-order valence-electron chi connectivity index (χ2n) is 17.4. The third-order valence-corrected chi connectivity index (χ3v) is 12.4. The SMILES string of the molecule is Cc1ncc(-c2cc(-c3cc(C(C)(C)C)ccn3)cc(-c3cccc4c3nc(-c3cc5c(cc3O)nc3c6ccccc6sn53)n4-c3ccc(C(C)(C)C)cc3)c2)cn1. The molecule has 0 aliphatic heterocycles. The van der Waals surface area contributed by atoms with E-state index in [1.165, 1.54) is 11.1 Å². The number of aromatic hydroxyl groups is 1. The number of aryl methyl sites for hydroxylation is 1. The molecule has 5 heterocycles. The van der Waals surface area contributed by atoms with Gasteiger partial charge in [-0.2, -0.15) is 0 Å². The van der Waals surface area contributed by atoms with Gasteiger partial charge < -0.3 is 5.11 Å². The first-order valence-corrected chi connectivity index (χ1v) is 20.6. The van der Waals surface area contributed by atoms with E-state index in [2.05, 4.69) is 151 Å². The van der Waals surface area contributed by atoms with Gasteiger partial charge in [0.2, 0.25) is 0 Å². The molecule has 0 spiro atoms. The highest BCUT2D eigenvalue weighted by molar-refractivity contribution is 7.14. The Kier molecular flexibility index (Phi) is 8.33. The standard InChI is InChI=1S/C50H43N7OS/c1-29-52-27-33(28-53-29)30-21-31(23-32(22-30)40-24-35(19-20-51-40)50(5,6)7)37-12-10-13-42-46(37)55-47(56(42)36-17-15-34(16-18-36)49(2,3)4)39-25-43-41(26-44(39)58)54-48-38-11-8-9-14-45(38)59-57(43)48/h8-28,58H,1-7H3. The molecular weight excluding hydrogens is 747 g/mol. The van der Waals surface area contributed by atoms with Crippen LogP contribution in [0.1, 0.15) is 58.5 Å². The number of hydrogen-bond donors (Lipinski definition) is 1. The molecular formula is C50H43N7OS. The molecule has 0 aliphatic rings. The average Bonchev–Trinajstić information content (AvgIpc) is 3.90. The van der Waals surface area contributed by atoms with Crippen LogP contribution in [-0.4, -0.2) is 38.4 Å². The van der Waals surface area contributed by atoms with E-state index in [1.807, 2.05) is 37.6 Å². The van der Waals surface area contributed by atoms with Crippen molar-refractivity contribution in [1.82, 2.24) is 33.3 Å². The smallest absolute Gasteiger partial charge is 0.156 e. The van der Waals surface area contributed by atoms with Crippen molar-refractivity contribution in [2.24, 2.45) is 0 Å². The van der Waals surface area contributed by atoms with E-state index < -0.39 is 0 Å². The van der Waals surface area contributed by atoms with Gasteiger partial charge in [0.15, 0.2) is 5.65 Å². The molecule has 5 aromatic carbocycles. The number of nitrogens with zero attached hydrogens (tertiary/aromatic N) is 7. The summed E-state index contributed by atoms with van der Waals surface area (Å²) < 4.78 is 5.48. The molecule has 1 N–H and O–H groups in total. The first-order valence-electron chi connectivity index (χ1n) is 19.9. The van der Waals surface area contributed by atoms with Crippen LogP contribution in [0.2, 0.25) is 0 Å². The molecule has 10 aromatic rings. The normalized spacial score (nSPS) is 12.4. The van der Waals surface area contributed by atoms with E-state index in [0.29, 0.717) is 17.2 Å². The number of phenolic OH excluding ortho intramolecular Hbond substituents is 1. The summed E-state index contributed by atoms with van der Waals surface area (Å²) in [4.78, 5) is 24.4. The summed E-state index contributed by atoms with van der Waals surface area (Å²) >= 11 is 1.65. The van der Waals surface area contributed by atoms with Crippen molar-refractivity contribution < 1.29 is 5.11 Å². The van der Waals surface area contributed by atoms with Gasteiger partial charge in [0, 0.05) is 52.4 Å². The largest absolute Gasteiger partial charge is 0.507 e. The van der Waals surface area contributed by atoms with Crippen LogP contribution < -0.4 is 0 Å². The van der Waals surface area contributed by atoms with Crippen molar-refractivity contribution in [3.05, 3.63) is 145 Å². The predicted octanol–water partition coefficient (Wildman–Crippen LogP) is 12.5. The number of aromatic nitrogens is 7. The van der Waals surface area contributed by atoms with Crippen molar-refractivity contribution in [3.8, 4) is 56.3 Å². The number of imidazole rings is 2. The zero-order valence-electron chi connectivity index (χ0n) is 34.1. The predicted molar refractivity (Wildman–Crippen MR) is 242 cm³/mol. The molecule has 0 unspecified atom stereocenters. The van der Waals surface area contributed by atoms with Crippen molar-refractivity contribution >= 4 is 49.3 Å². The average molecular weight is 790 g/mol. The van der Waals surface area contributed by atoms with E-state index in [0.717, 1.165) is 77.0 Å². The van der Waals surface area contributed by atoms with Gasteiger partial charge in [0.1, 0.15) is 17.4 Å². The maximum Gasteiger partial charge on any atom is 0.156 e. The highest BCUT2D eigenvalue weighted by Gasteiger charge is 2.24. The number of para-hydroxylation sites is 1. The molecule has 10 rings (SSSR count).